The monoisotopic (exact) mass is 341 g/mol. The van der Waals surface area contributed by atoms with Crippen molar-refractivity contribution in [2.24, 2.45) is 5.16 Å². The molecule has 1 unspecified atom stereocenters. The molecule has 1 heterocycles. The molecule has 0 saturated carbocycles. The van der Waals surface area contributed by atoms with Crippen LogP contribution in [0.2, 0.25) is 0 Å². The molecule has 0 amide bonds. The van der Waals surface area contributed by atoms with Crippen LogP contribution in [0.4, 0.5) is 17.6 Å². The number of halogens is 5. The van der Waals surface area contributed by atoms with Gasteiger partial charge < -0.3 is 4.84 Å². The smallest absolute Gasteiger partial charge is 0.166 e. The summed E-state index contributed by atoms with van der Waals surface area (Å²) in [6.07, 6.45) is 0.376. The molecule has 1 aromatic carbocycles. The maximum absolute atomic E-state index is 13.7. The van der Waals surface area contributed by atoms with E-state index in [4.69, 9.17) is 16.4 Å². The SMILES string of the molecule is Cc1c(F)c(F)c(CSC2=NOC(C)(CCl)C2)c(F)c1F. The summed E-state index contributed by atoms with van der Waals surface area (Å²) in [6.45, 7) is 2.72. The Morgan fingerprint density at radius 3 is 2.24 bits per heavy atom. The van der Waals surface area contributed by atoms with Gasteiger partial charge >= 0.3 is 0 Å². The zero-order chi connectivity index (χ0) is 15.8. The molecule has 116 valence electrons. The lowest BCUT2D eigenvalue weighted by atomic mass is 10.1. The Morgan fingerprint density at radius 1 is 1.19 bits per heavy atom. The maximum Gasteiger partial charge on any atom is 0.166 e. The summed E-state index contributed by atoms with van der Waals surface area (Å²) in [7, 11) is 0. The summed E-state index contributed by atoms with van der Waals surface area (Å²) in [5.74, 6) is -5.58. The Balaban J connectivity index is 2.15. The minimum atomic E-state index is -1.38. The number of alkyl halides is 1. The van der Waals surface area contributed by atoms with Crippen LogP contribution in [0.3, 0.4) is 0 Å². The van der Waals surface area contributed by atoms with E-state index in [0.29, 0.717) is 11.5 Å². The van der Waals surface area contributed by atoms with Gasteiger partial charge in [0.2, 0.25) is 0 Å². The Bertz CT molecular complexity index is 581. The third-order valence-electron chi connectivity index (χ3n) is 3.13. The highest BCUT2D eigenvalue weighted by atomic mass is 35.5. The predicted octanol–water partition coefficient (Wildman–Crippen LogP) is 4.52. The molecule has 0 aromatic heterocycles. The van der Waals surface area contributed by atoms with E-state index in [9.17, 15) is 17.6 Å². The van der Waals surface area contributed by atoms with Crippen molar-refractivity contribution in [1.82, 2.24) is 0 Å². The molecule has 21 heavy (non-hydrogen) atoms. The van der Waals surface area contributed by atoms with Crippen molar-refractivity contribution in [3.8, 4) is 0 Å². The Labute approximate surface area is 128 Å². The molecule has 2 nitrogen and oxygen atoms in total. The van der Waals surface area contributed by atoms with Crippen molar-refractivity contribution in [2.45, 2.75) is 31.6 Å². The number of thioether (sulfide) groups is 1. The molecule has 0 saturated heterocycles. The Kier molecular flexibility index (Phi) is 4.72. The van der Waals surface area contributed by atoms with Crippen LogP contribution in [0, 0.1) is 30.2 Å². The summed E-state index contributed by atoms with van der Waals surface area (Å²) >= 11 is 6.67. The molecule has 0 fully saturated rings. The first kappa shape index (κ1) is 16.4. The average Bonchev–Trinajstić information content (AvgIpc) is 2.85. The normalized spacial score (nSPS) is 21.4. The third-order valence-corrected chi connectivity index (χ3v) is 4.68. The summed E-state index contributed by atoms with van der Waals surface area (Å²) in [5.41, 5.74) is -1.98. The van der Waals surface area contributed by atoms with Gasteiger partial charge in [-0.05, 0) is 13.8 Å². The summed E-state index contributed by atoms with van der Waals surface area (Å²) in [5, 5.41) is 4.23. The molecule has 0 radical (unpaired) electrons. The molecule has 2 rings (SSSR count). The van der Waals surface area contributed by atoms with Crippen LogP contribution < -0.4 is 0 Å². The van der Waals surface area contributed by atoms with Crippen LogP contribution >= 0.6 is 23.4 Å². The quantitative estimate of drug-likeness (QED) is 0.458. The zero-order valence-corrected chi connectivity index (χ0v) is 12.8. The van der Waals surface area contributed by atoms with Gasteiger partial charge in [0.25, 0.3) is 0 Å². The largest absolute Gasteiger partial charge is 0.387 e. The summed E-state index contributed by atoms with van der Waals surface area (Å²) in [4.78, 5) is 5.12. The van der Waals surface area contributed by atoms with Gasteiger partial charge in [-0.2, -0.15) is 0 Å². The average molecular weight is 342 g/mol. The molecule has 0 N–H and O–H groups in total. The van der Waals surface area contributed by atoms with Crippen molar-refractivity contribution in [1.29, 1.82) is 0 Å². The van der Waals surface area contributed by atoms with Crippen LogP contribution in [0.1, 0.15) is 24.5 Å². The number of hydrogen-bond acceptors (Lipinski definition) is 3. The van der Waals surface area contributed by atoms with Crippen LogP contribution in [-0.4, -0.2) is 16.5 Å². The van der Waals surface area contributed by atoms with E-state index in [-0.39, 0.29) is 11.6 Å². The van der Waals surface area contributed by atoms with E-state index in [1.54, 1.807) is 6.92 Å². The van der Waals surface area contributed by atoms with Crippen LogP contribution in [0.15, 0.2) is 5.16 Å². The second-order valence-corrected chi connectivity index (χ2v) is 6.30. The van der Waals surface area contributed by atoms with Crippen molar-refractivity contribution in [3.05, 3.63) is 34.4 Å². The number of nitrogens with zero attached hydrogens (tertiary/aromatic N) is 1. The minimum absolute atomic E-state index is 0.205. The molecule has 0 bridgehead atoms. The molecule has 1 atom stereocenters. The lowest BCUT2D eigenvalue weighted by Gasteiger charge is -2.16. The first-order valence-electron chi connectivity index (χ1n) is 6.04. The maximum atomic E-state index is 13.7. The van der Waals surface area contributed by atoms with Gasteiger partial charge in [0.1, 0.15) is 5.04 Å². The van der Waals surface area contributed by atoms with E-state index in [1.165, 1.54) is 0 Å². The predicted molar refractivity (Wildman–Crippen MR) is 74.6 cm³/mol. The topological polar surface area (TPSA) is 21.6 Å². The van der Waals surface area contributed by atoms with E-state index in [0.717, 1.165) is 18.7 Å². The highest BCUT2D eigenvalue weighted by Crippen LogP contribution is 2.32. The highest BCUT2D eigenvalue weighted by Gasteiger charge is 2.34. The molecular formula is C13H12ClF4NOS. The Morgan fingerprint density at radius 2 is 1.76 bits per heavy atom. The van der Waals surface area contributed by atoms with Gasteiger partial charge in [0.15, 0.2) is 28.9 Å². The fourth-order valence-electron chi connectivity index (χ4n) is 1.76. The van der Waals surface area contributed by atoms with Crippen molar-refractivity contribution in [3.63, 3.8) is 0 Å². The van der Waals surface area contributed by atoms with E-state index < -0.39 is 40.0 Å². The molecule has 1 aliphatic rings. The van der Waals surface area contributed by atoms with Gasteiger partial charge in [-0.1, -0.05) is 5.16 Å². The number of benzene rings is 1. The lowest BCUT2D eigenvalue weighted by molar-refractivity contribution is 0.0152. The van der Waals surface area contributed by atoms with Crippen LogP contribution in [0.25, 0.3) is 0 Å². The summed E-state index contributed by atoms with van der Waals surface area (Å²) in [6, 6.07) is 0. The highest BCUT2D eigenvalue weighted by molar-refractivity contribution is 8.13. The van der Waals surface area contributed by atoms with E-state index in [2.05, 4.69) is 5.16 Å². The van der Waals surface area contributed by atoms with Gasteiger partial charge in [-0.3, -0.25) is 0 Å². The minimum Gasteiger partial charge on any atom is -0.387 e. The second kappa shape index (κ2) is 6.04. The first-order chi connectivity index (χ1) is 9.79. The molecule has 1 aromatic rings. The third kappa shape index (κ3) is 3.13. The fraction of sp³-hybridized carbons (Fsp3) is 0.462. The van der Waals surface area contributed by atoms with Crippen LogP contribution in [-0.2, 0) is 10.6 Å². The molecule has 0 aliphatic carbocycles. The van der Waals surface area contributed by atoms with E-state index in [1.807, 2.05) is 0 Å². The van der Waals surface area contributed by atoms with E-state index >= 15 is 0 Å². The molecule has 8 heteroatoms. The fourth-order valence-corrected chi connectivity index (χ4v) is 2.97. The van der Waals surface area contributed by atoms with Crippen molar-refractivity contribution < 1.29 is 22.4 Å². The molecular weight excluding hydrogens is 330 g/mol. The standard InChI is InChI=1S/C13H12ClF4NOS/c1-6-9(15)11(17)7(12(18)10(6)16)4-21-8-3-13(2,5-14)20-19-8/h3-5H2,1-2H3. The van der Waals surface area contributed by atoms with Gasteiger partial charge in [-0.15, -0.1) is 23.4 Å². The summed E-state index contributed by atoms with van der Waals surface area (Å²) < 4.78 is 54.3. The van der Waals surface area contributed by atoms with Crippen molar-refractivity contribution >= 4 is 28.4 Å². The Hall–Kier alpha value is -0.950. The second-order valence-electron chi connectivity index (χ2n) is 4.98. The van der Waals surface area contributed by atoms with Gasteiger partial charge in [-0.25, -0.2) is 17.6 Å². The molecule has 1 aliphatic heterocycles. The van der Waals surface area contributed by atoms with Crippen LogP contribution in [0.5, 0.6) is 0 Å². The van der Waals surface area contributed by atoms with Crippen molar-refractivity contribution in [2.75, 3.05) is 5.88 Å². The number of rotatable bonds is 3. The zero-order valence-electron chi connectivity index (χ0n) is 11.3. The number of oxime groups is 1. The van der Waals surface area contributed by atoms with Gasteiger partial charge in [0, 0.05) is 23.3 Å². The number of hydrogen-bond donors (Lipinski definition) is 0. The first-order valence-corrected chi connectivity index (χ1v) is 7.56. The van der Waals surface area contributed by atoms with Gasteiger partial charge in [0.05, 0.1) is 5.88 Å². The lowest BCUT2D eigenvalue weighted by Crippen LogP contribution is -2.26. The molecule has 0 spiro atoms.